The van der Waals surface area contributed by atoms with Crippen molar-refractivity contribution in [2.75, 3.05) is 5.32 Å². The second-order valence-electron chi connectivity index (χ2n) is 6.65. The number of nitrogens with one attached hydrogen (secondary N) is 2. The van der Waals surface area contributed by atoms with Crippen molar-refractivity contribution in [2.45, 2.75) is 6.92 Å². The summed E-state index contributed by atoms with van der Waals surface area (Å²) in [5.74, 6) is 0.646. The summed E-state index contributed by atoms with van der Waals surface area (Å²) in [6.07, 6.45) is 0. The molecule has 0 aliphatic rings. The summed E-state index contributed by atoms with van der Waals surface area (Å²) in [5.41, 5.74) is 4.49. The zero-order valence-corrected chi connectivity index (χ0v) is 16.0. The molecule has 28 heavy (non-hydrogen) atoms. The van der Waals surface area contributed by atoms with Crippen molar-refractivity contribution < 1.29 is 4.79 Å². The average molecular weight is 383 g/mol. The zero-order chi connectivity index (χ0) is 19.1. The first-order chi connectivity index (χ1) is 13.7. The van der Waals surface area contributed by atoms with E-state index in [-0.39, 0.29) is 5.91 Å². The Morgan fingerprint density at radius 3 is 2.57 bits per heavy atom. The number of amides is 1. The molecule has 5 rings (SSSR count). The predicted molar refractivity (Wildman–Crippen MR) is 116 cm³/mol. The molecule has 2 heterocycles. The smallest absolute Gasteiger partial charge is 0.266 e. The van der Waals surface area contributed by atoms with Gasteiger partial charge in [-0.1, -0.05) is 42.5 Å². The third kappa shape index (κ3) is 2.77. The molecule has 4 nitrogen and oxygen atoms in total. The number of H-pyrrole nitrogens is 1. The lowest BCUT2D eigenvalue weighted by Gasteiger charge is -2.09. The Kier molecular flexibility index (Phi) is 3.95. The fourth-order valence-corrected chi connectivity index (χ4v) is 4.55. The SMILES string of the molecule is Cc1c(C(=O)Nc2ccccc2-c2nc3ccccc3[nH]2)sc2ccccc12. The van der Waals surface area contributed by atoms with E-state index in [0.29, 0.717) is 0 Å². The molecule has 0 bridgehead atoms. The molecule has 0 unspecified atom stereocenters. The summed E-state index contributed by atoms with van der Waals surface area (Å²) in [7, 11) is 0. The Bertz CT molecular complexity index is 1300. The van der Waals surface area contributed by atoms with Gasteiger partial charge < -0.3 is 10.3 Å². The first-order valence-electron chi connectivity index (χ1n) is 9.04. The quantitative estimate of drug-likeness (QED) is 0.401. The molecule has 0 spiro atoms. The minimum atomic E-state index is -0.0951. The maximum atomic E-state index is 13.0. The third-order valence-corrected chi connectivity index (χ3v) is 6.14. The van der Waals surface area contributed by atoms with Crippen LogP contribution in [0.15, 0.2) is 72.8 Å². The van der Waals surface area contributed by atoms with E-state index in [9.17, 15) is 4.79 Å². The summed E-state index contributed by atoms with van der Waals surface area (Å²) in [4.78, 5) is 21.8. The summed E-state index contributed by atoms with van der Waals surface area (Å²) in [6, 6.07) is 23.7. The summed E-state index contributed by atoms with van der Waals surface area (Å²) >= 11 is 1.52. The highest BCUT2D eigenvalue weighted by atomic mass is 32.1. The number of rotatable bonds is 3. The van der Waals surface area contributed by atoms with Crippen molar-refractivity contribution in [3.8, 4) is 11.4 Å². The van der Waals surface area contributed by atoms with Gasteiger partial charge >= 0.3 is 0 Å². The number of carbonyl (C=O) groups excluding carboxylic acids is 1. The number of nitrogens with zero attached hydrogens (tertiary/aromatic N) is 1. The van der Waals surface area contributed by atoms with Crippen LogP contribution >= 0.6 is 11.3 Å². The second-order valence-corrected chi connectivity index (χ2v) is 7.71. The van der Waals surface area contributed by atoms with E-state index in [1.54, 1.807) is 0 Å². The number of carbonyl (C=O) groups is 1. The van der Waals surface area contributed by atoms with Gasteiger partial charge in [0.25, 0.3) is 5.91 Å². The zero-order valence-electron chi connectivity index (χ0n) is 15.2. The minimum absolute atomic E-state index is 0.0951. The molecule has 1 amide bonds. The number of benzene rings is 3. The molecule has 0 saturated carbocycles. The highest BCUT2D eigenvalue weighted by Gasteiger charge is 2.17. The van der Waals surface area contributed by atoms with Crippen LogP contribution in [0.4, 0.5) is 5.69 Å². The third-order valence-electron chi connectivity index (χ3n) is 4.87. The fourth-order valence-electron chi connectivity index (χ4n) is 3.45. The highest BCUT2D eigenvalue weighted by molar-refractivity contribution is 7.21. The summed E-state index contributed by atoms with van der Waals surface area (Å²) in [5, 5.41) is 4.21. The van der Waals surface area contributed by atoms with Gasteiger partial charge in [-0.2, -0.15) is 0 Å². The van der Waals surface area contributed by atoms with Gasteiger partial charge in [0.05, 0.1) is 21.6 Å². The van der Waals surface area contributed by atoms with Crippen LogP contribution in [-0.2, 0) is 0 Å². The van der Waals surface area contributed by atoms with Crippen LogP contribution in [0.3, 0.4) is 0 Å². The van der Waals surface area contributed by atoms with Gasteiger partial charge in [0, 0.05) is 10.3 Å². The number of anilines is 1. The number of aromatic nitrogens is 2. The number of para-hydroxylation sites is 3. The van der Waals surface area contributed by atoms with Gasteiger partial charge in [0.15, 0.2) is 0 Å². The van der Waals surface area contributed by atoms with E-state index in [0.717, 1.165) is 48.6 Å². The van der Waals surface area contributed by atoms with Gasteiger partial charge in [0.1, 0.15) is 5.82 Å². The molecule has 0 saturated heterocycles. The topological polar surface area (TPSA) is 57.8 Å². The Morgan fingerprint density at radius 2 is 1.71 bits per heavy atom. The number of imidazole rings is 1. The van der Waals surface area contributed by atoms with Crippen LogP contribution in [0, 0.1) is 6.92 Å². The number of thiophene rings is 1. The average Bonchev–Trinajstić information content (AvgIpc) is 3.30. The number of fused-ring (bicyclic) bond motifs is 2. The monoisotopic (exact) mass is 383 g/mol. The van der Waals surface area contributed by atoms with Crippen molar-refractivity contribution in [3.05, 3.63) is 83.2 Å². The van der Waals surface area contributed by atoms with Crippen molar-refractivity contribution in [3.63, 3.8) is 0 Å². The lowest BCUT2D eigenvalue weighted by molar-refractivity contribution is 0.103. The van der Waals surface area contributed by atoms with Crippen molar-refractivity contribution in [1.82, 2.24) is 9.97 Å². The van der Waals surface area contributed by atoms with Crippen LogP contribution in [0.1, 0.15) is 15.2 Å². The molecular weight excluding hydrogens is 366 g/mol. The van der Waals surface area contributed by atoms with E-state index in [1.807, 2.05) is 73.7 Å². The number of aryl methyl sites for hydroxylation is 1. The Balaban J connectivity index is 1.53. The van der Waals surface area contributed by atoms with Crippen molar-refractivity contribution in [1.29, 1.82) is 0 Å². The van der Waals surface area contributed by atoms with Gasteiger partial charge in [-0.3, -0.25) is 4.79 Å². The van der Waals surface area contributed by atoms with E-state index >= 15 is 0 Å². The molecule has 0 aliphatic heterocycles. The number of aromatic amines is 1. The number of hydrogen-bond donors (Lipinski definition) is 2. The molecular formula is C23H17N3OS. The predicted octanol–water partition coefficient (Wildman–Crippen LogP) is 6.01. The second kappa shape index (κ2) is 6.62. The van der Waals surface area contributed by atoms with Gasteiger partial charge in [0.2, 0.25) is 0 Å². The van der Waals surface area contributed by atoms with Crippen molar-refractivity contribution >= 4 is 44.1 Å². The van der Waals surface area contributed by atoms with E-state index in [1.165, 1.54) is 11.3 Å². The molecule has 2 N–H and O–H groups in total. The Hall–Kier alpha value is -3.44. The molecule has 0 radical (unpaired) electrons. The van der Waals surface area contributed by atoms with Crippen molar-refractivity contribution in [2.24, 2.45) is 0 Å². The van der Waals surface area contributed by atoms with E-state index in [4.69, 9.17) is 0 Å². The molecule has 2 aromatic heterocycles. The van der Waals surface area contributed by atoms with Crippen LogP contribution < -0.4 is 5.32 Å². The van der Waals surface area contributed by atoms with Gasteiger partial charge in [-0.25, -0.2) is 4.98 Å². The molecule has 3 aromatic carbocycles. The van der Waals surface area contributed by atoms with E-state index in [2.05, 4.69) is 21.4 Å². The summed E-state index contributed by atoms with van der Waals surface area (Å²) < 4.78 is 1.12. The maximum Gasteiger partial charge on any atom is 0.266 e. The van der Waals surface area contributed by atoms with Crippen LogP contribution in [0.25, 0.3) is 32.5 Å². The van der Waals surface area contributed by atoms with E-state index < -0.39 is 0 Å². The minimum Gasteiger partial charge on any atom is -0.338 e. The normalized spacial score (nSPS) is 11.2. The molecule has 5 aromatic rings. The fraction of sp³-hybridized carbons (Fsp3) is 0.0435. The molecule has 0 atom stereocenters. The van der Waals surface area contributed by atoms with Crippen LogP contribution in [0.5, 0.6) is 0 Å². The van der Waals surface area contributed by atoms with Gasteiger partial charge in [-0.15, -0.1) is 11.3 Å². The molecule has 5 heteroatoms. The number of hydrogen-bond acceptors (Lipinski definition) is 3. The summed E-state index contributed by atoms with van der Waals surface area (Å²) in [6.45, 7) is 2.00. The Labute approximate surface area is 165 Å². The largest absolute Gasteiger partial charge is 0.338 e. The first-order valence-corrected chi connectivity index (χ1v) is 9.86. The maximum absolute atomic E-state index is 13.0. The van der Waals surface area contributed by atoms with Crippen LogP contribution in [-0.4, -0.2) is 15.9 Å². The lowest BCUT2D eigenvalue weighted by Crippen LogP contribution is -2.12. The first kappa shape index (κ1) is 16.7. The lowest BCUT2D eigenvalue weighted by atomic mass is 10.1. The molecule has 0 fully saturated rings. The van der Waals surface area contributed by atoms with Crippen LogP contribution in [0.2, 0.25) is 0 Å². The Morgan fingerprint density at radius 1 is 0.964 bits per heavy atom. The molecule has 0 aliphatic carbocycles. The molecule has 136 valence electrons. The highest BCUT2D eigenvalue weighted by Crippen LogP contribution is 2.32. The van der Waals surface area contributed by atoms with Gasteiger partial charge in [-0.05, 0) is 48.2 Å². The standard InChI is InChI=1S/C23H17N3OS/c1-14-15-8-3-7-13-20(15)28-21(14)23(27)26-17-10-4-2-9-16(17)22-24-18-11-5-6-12-19(18)25-22/h2-13H,1H3,(H,24,25)(H,26,27).